The molecule has 0 aliphatic rings. The van der Waals surface area contributed by atoms with Crippen molar-refractivity contribution in [1.29, 1.82) is 0 Å². The molecule has 62 valence electrons. The van der Waals surface area contributed by atoms with Gasteiger partial charge in [0.15, 0.2) is 0 Å². The average molecular weight is 156 g/mol. The number of aryl methyl sites for hydroxylation is 2. The van der Waals surface area contributed by atoms with Crippen molar-refractivity contribution in [1.82, 2.24) is 9.78 Å². The summed E-state index contributed by atoms with van der Waals surface area (Å²) in [6.45, 7) is 1.61. The van der Waals surface area contributed by atoms with Gasteiger partial charge in [0.2, 0.25) is 0 Å². The number of rotatable bonds is 2. The normalized spacial score (nSPS) is 13.5. The summed E-state index contributed by atoms with van der Waals surface area (Å²) in [5.74, 6) is 0. The van der Waals surface area contributed by atoms with Gasteiger partial charge in [0, 0.05) is 12.7 Å². The first-order chi connectivity index (χ1) is 5.15. The van der Waals surface area contributed by atoms with E-state index < -0.39 is 6.10 Å². The molecule has 2 N–H and O–H groups in total. The second-order valence-electron chi connectivity index (χ2n) is 2.53. The van der Waals surface area contributed by atoms with Crippen LogP contribution >= 0.6 is 0 Å². The highest BCUT2D eigenvalue weighted by Gasteiger charge is 2.09. The van der Waals surface area contributed by atoms with Gasteiger partial charge in [0.1, 0.15) is 6.10 Å². The SMILES string of the molecule is Cc1cc(C(O)CO)nn1C. The van der Waals surface area contributed by atoms with Crippen molar-refractivity contribution in [2.75, 3.05) is 6.61 Å². The molecule has 0 aromatic carbocycles. The summed E-state index contributed by atoms with van der Waals surface area (Å²) >= 11 is 0. The van der Waals surface area contributed by atoms with Crippen LogP contribution in [0.4, 0.5) is 0 Å². The Morgan fingerprint density at radius 1 is 1.73 bits per heavy atom. The molecule has 0 amide bonds. The summed E-state index contributed by atoms with van der Waals surface area (Å²) in [5.41, 5.74) is 1.49. The predicted molar refractivity (Wildman–Crippen MR) is 40.0 cm³/mol. The minimum absolute atomic E-state index is 0.281. The van der Waals surface area contributed by atoms with Gasteiger partial charge in [0.05, 0.1) is 12.3 Å². The van der Waals surface area contributed by atoms with Crippen molar-refractivity contribution in [2.45, 2.75) is 13.0 Å². The molecule has 0 spiro atoms. The van der Waals surface area contributed by atoms with Crippen LogP contribution in [-0.2, 0) is 7.05 Å². The lowest BCUT2D eigenvalue weighted by Crippen LogP contribution is -2.03. The third kappa shape index (κ3) is 1.58. The summed E-state index contributed by atoms with van der Waals surface area (Å²) in [5, 5.41) is 21.7. The van der Waals surface area contributed by atoms with E-state index in [1.54, 1.807) is 17.8 Å². The van der Waals surface area contributed by atoms with Gasteiger partial charge in [-0.15, -0.1) is 0 Å². The fourth-order valence-electron chi connectivity index (χ4n) is 0.845. The van der Waals surface area contributed by atoms with Crippen LogP contribution in [0, 0.1) is 6.92 Å². The monoisotopic (exact) mass is 156 g/mol. The lowest BCUT2D eigenvalue weighted by Gasteiger charge is -2.00. The van der Waals surface area contributed by atoms with Crippen molar-refractivity contribution in [3.63, 3.8) is 0 Å². The lowest BCUT2D eigenvalue weighted by atomic mass is 10.2. The van der Waals surface area contributed by atoms with Crippen molar-refractivity contribution in [3.8, 4) is 0 Å². The van der Waals surface area contributed by atoms with Crippen LogP contribution in [0.25, 0.3) is 0 Å². The molecule has 0 saturated heterocycles. The van der Waals surface area contributed by atoms with Crippen molar-refractivity contribution < 1.29 is 10.2 Å². The quantitative estimate of drug-likeness (QED) is 0.621. The third-order valence-electron chi connectivity index (χ3n) is 1.65. The van der Waals surface area contributed by atoms with Gasteiger partial charge >= 0.3 is 0 Å². The standard InChI is InChI=1S/C7H12N2O2/c1-5-3-6(7(11)4-10)8-9(5)2/h3,7,10-11H,4H2,1-2H3. The Bertz CT molecular complexity index is 225. The third-order valence-corrected chi connectivity index (χ3v) is 1.65. The fraction of sp³-hybridized carbons (Fsp3) is 0.571. The number of aliphatic hydroxyl groups excluding tert-OH is 2. The van der Waals surface area contributed by atoms with E-state index >= 15 is 0 Å². The summed E-state index contributed by atoms with van der Waals surface area (Å²) in [7, 11) is 1.79. The molecule has 1 rings (SSSR count). The number of aromatic nitrogens is 2. The zero-order valence-corrected chi connectivity index (χ0v) is 6.65. The summed E-state index contributed by atoms with van der Waals surface area (Å²) < 4.78 is 1.66. The first-order valence-electron chi connectivity index (χ1n) is 3.44. The Labute approximate surface area is 65.1 Å². The van der Waals surface area contributed by atoms with Gasteiger partial charge in [-0.3, -0.25) is 4.68 Å². The van der Waals surface area contributed by atoms with Gasteiger partial charge in [0.25, 0.3) is 0 Å². The second kappa shape index (κ2) is 3.02. The fourth-order valence-corrected chi connectivity index (χ4v) is 0.845. The molecule has 0 bridgehead atoms. The van der Waals surface area contributed by atoms with Crippen LogP contribution in [0.5, 0.6) is 0 Å². The average Bonchev–Trinajstić information content (AvgIpc) is 2.31. The van der Waals surface area contributed by atoms with E-state index in [4.69, 9.17) is 10.2 Å². The Balaban J connectivity index is 2.88. The summed E-state index contributed by atoms with van der Waals surface area (Å²) in [6.07, 6.45) is -0.852. The molecule has 0 aliphatic carbocycles. The van der Waals surface area contributed by atoms with E-state index in [0.717, 1.165) is 5.69 Å². The molecule has 0 aliphatic heterocycles. The Morgan fingerprint density at radius 2 is 2.36 bits per heavy atom. The minimum Gasteiger partial charge on any atom is -0.393 e. The van der Waals surface area contributed by atoms with Crippen molar-refractivity contribution >= 4 is 0 Å². The number of hydrogen-bond donors (Lipinski definition) is 2. The smallest absolute Gasteiger partial charge is 0.121 e. The molecule has 1 atom stereocenters. The molecule has 4 nitrogen and oxygen atoms in total. The number of nitrogens with zero attached hydrogens (tertiary/aromatic N) is 2. The molecule has 11 heavy (non-hydrogen) atoms. The summed E-state index contributed by atoms with van der Waals surface area (Å²) in [6, 6.07) is 1.75. The second-order valence-corrected chi connectivity index (χ2v) is 2.53. The van der Waals surface area contributed by atoms with E-state index in [-0.39, 0.29) is 6.61 Å². The predicted octanol–water partition coefficient (Wildman–Crippen LogP) is -0.246. The van der Waals surface area contributed by atoms with Crippen LogP contribution in [0.3, 0.4) is 0 Å². The van der Waals surface area contributed by atoms with E-state index in [1.807, 2.05) is 6.92 Å². The molecule has 1 heterocycles. The van der Waals surface area contributed by atoms with Gasteiger partial charge in [-0.1, -0.05) is 0 Å². The van der Waals surface area contributed by atoms with Crippen molar-refractivity contribution in [2.24, 2.45) is 7.05 Å². The maximum Gasteiger partial charge on any atom is 0.121 e. The van der Waals surface area contributed by atoms with Crippen LogP contribution in [0.15, 0.2) is 6.07 Å². The Morgan fingerprint density at radius 3 is 2.73 bits per heavy atom. The molecule has 0 fully saturated rings. The lowest BCUT2D eigenvalue weighted by molar-refractivity contribution is 0.0918. The number of hydrogen-bond acceptors (Lipinski definition) is 3. The first-order valence-corrected chi connectivity index (χ1v) is 3.44. The van der Waals surface area contributed by atoms with E-state index in [9.17, 15) is 0 Å². The molecular formula is C7H12N2O2. The van der Waals surface area contributed by atoms with Gasteiger partial charge in [-0.2, -0.15) is 5.10 Å². The highest BCUT2D eigenvalue weighted by molar-refractivity contribution is 5.10. The Hall–Kier alpha value is -0.870. The van der Waals surface area contributed by atoms with Gasteiger partial charge < -0.3 is 10.2 Å². The van der Waals surface area contributed by atoms with Gasteiger partial charge in [-0.05, 0) is 13.0 Å². The van der Waals surface area contributed by atoms with Crippen LogP contribution in [-0.4, -0.2) is 26.6 Å². The highest BCUT2D eigenvalue weighted by Crippen LogP contribution is 2.10. The largest absolute Gasteiger partial charge is 0.393 e. The van der Waals surface area contributed by atoms with Crippen LogP contribution < -0.4 is 0 Å². The van der Waals surface area contributed by atoms with E-state index in [1.165, 1.54) is 0 Å². The maximum atomic E-state index is 9.14. The van der Waals surface area contributed by atoms with Gasteiger partial charge in [-0.25, -0.2) is 0 Å². The van der Waals surface area contributed by atoms with E-state index in [2.05, 4.69) is 5.10 Å². The minimum atomic E-state index is -0.852. The molecular weight excluding hydrogens is 144 g/mol. The molecule has 1 aromatic heterocycles. The zero-order valence-electron chi connectivity index (χ0n) is 6.65. The first kappa shape index (κ1) is 8.23. The topological polar surface area (TPSA) is 58.3 Å². The maximum absolute atomic E-state index is 9.14. The molecule has 4 heteroatoms. The zero-order chi connectivity index (χ0) is 8.43. The van der Waals surface area contributed by atoms with Crippen molar-refractivity contribution in [3.05, 3.63) is 17.5 Å². The van der Waals surface area contributed by atoms with E-state index in [0.29, 0.717) is 5.69 Å². The number of aliphatic hydroxyl groups is 2. The molecule has 1 unspecified atom stereocenters. The van der Waals surface area contributed by atoms with Crippen LogP contribution in [0.2, 0.25) is 0 Å². The highest BCUT2D eigenvalue weighted by atomic mass is 16.3. The molecule has 0 radical (unpaired) electrons. The molecule has 0 saturated carbocycles. The Kier molecular flexibility index (Phi) is 2.26. The van der Waals surface area contributed by atoms with Crippen LogP contribution in [0.1, 0.15) is 17.5 Å². The summed E-state index contributed by atoms with van der Waals surface area (Å²) in [4.78, 5) is 0. The molecule has 1 aromatic rings.